The van der Waals surface area contributed by atoms with Gasteiger partial charge in [0.15, 0.2) is 11.0 Å². The Bertz CT molecular complexity index is 1750. The Morgan fingerprint density at radius 3 is 2.80 bits per heavy atom. The number of piperidine rings is 1. The molecule has 0 spiro atoms. The molecule has 10 nitrogen and oxygen atoms in total. The van der Waals surface area contributed by atoms with Crippen molar-refractivity contribution in [2.45, 2.75) is 30.6 Å². The van der Waals surface area contributed by atoms with E-state index >= 15 is 0 Å². The van der Waals surface area contributed by atoms with Crippen molar-refractivity contribution in [1.82, 2.24) is 14.6 Å². The van der Waals surface area contributed by atoms with Gasteiger partial charge in [-0.15, -0.1) is 0 Å². The fourth-order valence-corrected chi connectivity index (χ4v) is 7.60. The number of Topliss-reactive ketones (excluding diaryl/α,β-unsaturated/α-hetero) is 1. The normalized spacial score (nSPS) is 17.8. The van der Waals surface area contributed by atoms with Crippen LogP contribution in [0, 0.1) is 5.92 Å². The summed E-state index contributed by atoms with van der Waals surface area (Å²) in [4.78, 5) is 28.4. The van der Waals surface area contributed by atoms with Crippen LogP contribution in [0.5, 0.6) is 0 Å². The van der Waals surface area contributed by atoms with Gasteiger partial charge in [-0.05, 0) is 64.8 Å². The number of carbonyl (C=O) groups is 2. The van der Waals surface area contributed by atoms with Gasteiger partial charge in [0.1, 0.15) is 10.7 Å². The molecule has 3 heterocycles. The number of benzene rings is 3. The molecule has 1 fully saturated rings. The van der Waals surface area contributed by atoms with E-state index < -0.39 is 15.9 Å². The van der Waals surface area contributed by atoms with Crippen LogP contribution in [0.3, 0.4) is 0 Å². The number of amides is 1. The summed E-state index contributed by atoms with van der Waals surface area (Å²) in [5.74, 6) is -0.546. The van der Waals surface area contributed by atoms with Crippen LogP contribution in [0.25, 0.3) is 21.8 Å². The quantitative estimate of drug-likeness (QED) is 0.269. The average Bonchev–Trinajstić information content (AvgIpc) is 3.56. The summed E-state index contributed by atoms with van der Waals surface area (Å²) in [7, 11) is -2.33. The van der Waals surface area contributed by atoms with Crippen LogP contribution < -0.4 is 4.90 Å². The van der Waals surface area contributed by atoms with Crippen LogP contribution >= 0.6 is 11.6 Å². The first-order valence-electron chi connectivity index (χ1n) is 13.1. The second-order valence-corrected chi connectivity index (χ2v) is 12.4. The largest absolute Gasteiger partial charge is 0.385 e. The van der Waals surface area contributed by atoms with Crippen molar-refractivity contribution < 1.29 is 27.4 Å². The lowest BCUT2D eigenvalue weighted by Gasteiger charge is -2.31. The summed E-state index contributed by atoms with van der Waals surface area (Å²) < 4.78 is 38.4. The zero-order valence-electron chi connectivity index (χ0n) is 21.8. The highest BCUT2D eigenvalue weighted by molar-refractivity contribution is 7.89. The number of fused-ring (bicyclic) bond motifs is 1. The van der Waals surface area contributed by atoms with E-state index in [1.807, 2.05) is 30.3 Å². The fourth-order valence-electron chi connectivity index (χ4n) is 5.77. The monoisotopic (exact) mass is 582 g/mol. The minimum absolute atomic E-state index is 0.0359. The highest BCUT2D eigenvalue weighted by atomic mass is 35.5. The third-order valence-corrected chi connectivity index (χ3v) is 9.96. The van der Waals surface area contributed by atoms with Gasteiger partial charge in [-0.3, -0.25) is 9.59 Å². The number of sulfonamides is 1. The fraction of sp³-hybridized carbons (Fsp3) is 0.357. The van der Waals surface area contributed by atoms with E-state index in [4.69, 9.17) is 21.0 Å². The van der Waals surface area contributed by atoms with E-state index in [0.29, 0.717) is 44.5 Å². The van der Waals surface area contributed by atoms with Crippen molar-refractivity contribution in [2.75, 3.05) is 38.3 Å². The molecule has 1 amide bonds. The predicted molar refractivity (Wildman–Crippen MR) is 149 cm³/mol. The molecule has 208 valence electrons. The summed E-state index contributed by atoms with van der Waals surface area (Å²) in [6.45, 7) is 1.47. The molecule has 1 aromatic heterocycles. The zero-order valence-corrected chi connectivity index (χ0v) is 23.4. The molecular formula is C28H27ClN4O6S. The third kappa shape index (κ3) is 4.46. The maximum Gasteiger partial charge on any atom is 0.258 e. The smallest absolute Gasteiger partial charge is 0.258 e. The van der Waals surface area contributed by atoms with Gasteiger partial charge >= 0.3 is 0 Å². The number of hydrogen-bond donors (Lipinski definition) is 0. The topological polar surface area (TPSA) is 123 Å². The van der Waals surface area contributed by atoms with E-state index in [1.165, 1.54) is 16.4 Å². The van der Waals surface area contributed by atoms with Crippen molar-refractivity contribution in [3.63, 3.8) is 0 Å². The van der Waals surface area contributed by atoms with Gasteiger partial charge in [-0.25, -0.2) is 13.0 Å². The Kier molecular flexibility index (Phi) is 7.07. The number of aromatic nitrogens is 2. The number of nitrogens with zero attached hydrogens (tertiary/aromatic N) is 4. The highest BCUT2D eigenvalue weighted by Crippen LogP contribution is 2.39. The standard InChI is InChI=1S/C28H27ClN4O6S/c1-38-14-4-13-33-22-10-8-17(19-6-2-7-20(25(19)22)28(33)35)15-23(34)18-5-3-12-32(16-18)40(36,37)24-11-9-21(29)26-27(24)31-39-30-26/h2,6-11,18H,3-5,12-16H2,1H3. The van der Waals surface area contributed by atoms with E-state index in [-0.39, 0.29) is 45.6 Å². The minimum Gasteiger partial charge on any atom is -0.385 e. The van der Waals surface area contributed by atoms with Gasteiger partial charge in [-0.2, -0.15) is 4.31 Å². The Hall–Kier alpha value is -3.38. The summed E-state index contributed by atoms with van der Waals surface area (Å²) in [6.07, 6.45) is 2.01. The van der Waals surface area contributed by atoms with E-state index in [0.717, 1.165) is 22.0 Å². The van der Waals surface area contributed by atoms with Crippen LogP contribution in [0.4, 0.5) is 5.69 Å². The van der Waals surface area contributed by atoms with Crippen molar-refractivity contribution in [1.29, 1.82) is 0 Å². The Labute approximate surface area is 235 Å². The van der Waals surface area contributed by atoms with Crippen LogP contribution in [-0.2, 0) is 26.0 Å². The van der Waals surface area contributed by atoms with Crippen molar-refractivity contribution in [3.8, 4) is 0 Å². The predicted octanol–water partition coefficient (Wildman–Crippen LogP) is 4.24. The molecule has 0 saturated carbocycles. The number of carbonyl (C=O) groups excluding carboxylic acids is 2. The lowest BCUT2D eigenvalue weighted by atomic mass is 9.89. The molecule has 4 aromatic rings. The molecule has 0 radical (unpaired) electrons. The molecular weight excluding hydrogens is 556 g/mol. The summed E-state index contributed by atoms with van der Waals surface area (Å²) in [5.41, 5.74) is 2.54. The Morgan fingerprint density at radius 1 is 1.15 bits per heavy atom. The van der Waals surface area contributed by atoms with Crippen LogP contribution in [0.15, 0.2) is 52.0 Å². The van der Waals surface area contributed by atoms with Crippen LogP contribution in [-0.4, -0.2) is 68.1 Å². The molecule has 0 aliphatic carbocycles. The number of methoxy groups -OCH3 is 1. The first-order valence-corrected chi connectivity index (χ1v) is 14.9. The first kappa shape index (κ1) is 26.8. The Balaban J connectivity index is 1.24. The maximum atomic E-state index is 13.6. The molecule has 1 unspecified atom stereocenters. The molecule has 12 heteroatoms. The van der Waals surface area contributed by atoms with Gasteiger partial charge in [-0.1, -0.05) is 29.8 Å². The van der Waals surface area contributed by atoms with Gasteiger partial charge in [0, 0.05) is 56.6 Å². The van der Waals surface area contributed by atoms with Crippen molar-refractivity contribution in [3.05, 3.63) is 58.6 Å². The molecule has 6 rings (SSSR count). The summed E-state index contributed by atoms with van der Waals surface area (Å²) in [6, 6.07) is 12.2. The first-order chi connectivity index (χ1) is 19.3. The zero-order chi connectivity index (χ0) is 28.0. The van der Waals surface area contributed by atoms with Gasteiger partial charge in [0.25, 0.3) is 5.91 Å². The third-order valence-electron chi connectivity index (χ3n) is 7.76. The molecule has 1 saturated heterocycles. The van der Waals surface area contributed by atoms with Crippen molar-refractivity contribution in [2.24, 2.45) is 5.92 Å². The number of ether oxygens (including phenoxy) is 1. The second-order valence-electron chi connectivity index (χ2n) is 10.1. The van der Waals surface area contributed by atoms with Gasteiger partial charge in [0.2, 0.25) is 10.0 Å². The van der Waals surface area contributed by atoms with E-state index in [1.54, 1.807) is 12.0 Å². The number of ketones is 1. The Morgan fingerprint density at radius 2 is 1.98 bits per heavy atom. The minimum atomic E-state index is -3.97. The van der Waals surface area contributed by atoms with Crippen molar-refractivity contribution >= 4 is 60.8 Å². The number of halogens is 1. The summed E-state index contributed by atoms with van der Waals surface area (Å²) >= 11 is 6.12. The number of rotatable bonds is 9. The second kappa shape index (κ2) is 10.5. The number of hydrogen-bond acceptors (Lipinski definition) is 8. The maximum absolute atomic E-state index is 13.6. The summed E-state index contributed by atoms with van der Waals surface area (Å²) in [5, 5.41) is 9.43. The molecule has 0 bridgehead atoms. The van der Waals surface area contributed by atoms with E-state index in [9.17, 15) is 18.0 Å². The molecule has 1 atom stereocenters. The van der Waals surface area contributed by atoms with Gasteiger partial charge in [0.05, 0.1) is 10.7 Å². The average molecular weight is 583 g/mol. The van der Waals surface area contributed by atoms with E-state index in [2.05, 4.69) is 10.3 Å². The highest BCUT2D eigenvalue weighted by Gasteiger charge is 2.36. The molecule has 0 N–H and O–H groups in total. The molecule has 40 heavy (non-hydrogen) atoms. The lowest BCUT2D eigenvalue weighted by Crippen LogP contribution is -2.42. The lowest BCUT2D eigenvalue weighted by molar-refractivity contribution is -0.123. The van der Waals surface area contributed by atoms with Crippen LogP contribution in [0.2, 0.25) is 5.02 Å². The van der Waals surface area contributed by atoms with Crippen LogP contribution in [0.1, 0.15) is 35.2 Å². The number of anilines is 1. The van der Waals surface area contributed by atoms with Gasteiger partial charge < -0.3 is 9.64 Å². The molecule has 2 aliphatic rings. The molecule has 2 aliphatic heterocycles. The molecule has 3 aromatic carbocycles. The SMILES string of the molecule is COCCCN1C(=O)c2cccc3c(CC(=O)C4CCCN(S(=O)(=O)c5ccc(Cl)c6nonc56)C4)ccc1c23.